The van der Waals surface area contributed by atoms with E-state index in [1.165, 1.54) is 0 Å². The average Bonchev–Trinajstić information content (AvgIpc) is 2.14. The molecular weight excluding hydrogens is 256 g/mol. The summed E-state index contributed by atoms with van der Waals surface area (Å²) in [5.74, 6) is -4.33. The highest BCUT2D eigenvalue weighted by atomic mass is 19.4. The van der Waals surface area contributed by atoms with Gasteiger partial charge in [0.2, 0.25) is 0 Å². The van der Waals surface area contributed by atoms with Crippen LogP contribution in [0, 0.1) is 5.82 Å². The smallest absolute Gasteiger partial charge is 0.420 e. The van der Waals surface area contributed by atoms with Gasteiger partial charge in [0, 0.05) is 0 Å². The molecule has 0 amide bonds. The van der Waals surface area contributed by atoms with Crippen LogP contribution >= 0.6 is 0 Å². The van der Waals surface area contributed by atoms with Crippen molar-refractivity contribution < 1.29 is 36.2 Å². The fourth-order valence-electron chi connectivity index (χ4n) is 1.16. The molecule has 1 heterocycles. The Labute approximate surface area is 89.7 Å². The minimum atomic E-state index is -5.40. The Morgan fingerprint density at radius 2 is 1.88 bits per heavy atom. The molecule has 0 bridgehead atoms. The second-order valence-electron chi connectivity index (χ2n) is 2.84. The van der Waals surface area contributed by atoms with E-state index in [9.17, 15) is 31.1 Å². The minimum Gasteiger partial charge on any atom is -0.478 e. The number of carboxylic acids is 1. The van der Waals surface area contributed by atoms with Crippen molar-refractivity contribution in [2.24, 2.45) is 0 Å². The SMILES string of the molecule is O=C(O)c1c(C(F)F)ncc(F)c1C(F)(F)F. The van der Waals surface area contributed by atoms with Gasteiger partial charge in [-0.2, -0.15) is 13.2 Å². The third kappa shape index (κ3) is 2.48. The van der Waals surface area contributed by atoms with Crippen LogP contribution in [0.3, 0.4) is 0 Å². The highest BCUT2D eigenvalue weighted by Gasteiger charge is 2.41. The van der Waals surface area contributed by atoms with Gasteiger partial charge in [0.1, 0.15) is 16.8 Å². The van der Waals surface area contributed by atoms with Crippen LogP contribution in [0.25, 0.3) is 0 Å². The monoisotopic (exact) mass is 259 g/mol. The van der Waals surface area contributed by atoms with Crippen LogP contribution in [0.5, 0.6) is 0 Å². The van der Waals surface area contributed by atoms with E-state index < -0.39 is 41.2 Å². The number of carboxylic acid groups (broad SMARTS) is 1. The van der Waals surface area contributed by atoms with Gasteiger partial charge >= 0.3 is 12.1 Å². The number of pyridine rings is 1. The highest BCUT2D eigenvalue weighted by molar-refractivity contribution is 5.91. The van der Waals surface area contributed by atoms with Gasteiger partial charge in [-0.3, -0.25) is 4.98 Å². The molecule has 0 saturated carbocycles. The number of aromatic carboxylic acids is 1. The van der Waals surface area contributed by atoms with Gasteiger partial charge in [-0.1, -0.05) is 0 Å². The maximum atomic E-state index is 12.9. The molecule has 0 aliphatic carbocycles. The average molecular weight is 259 g/mol. The van der Waals surface area contributed by atoms with Crippen LogP contribution in [-0.4, -0.2) is 16.1 Å². The van der Waals surface area contributed by atoms with E-state index in [1.807, 2.05) is 0 Å². The van der Waals surface area contributed by atoms with Gasteiger partial charge in [0.25, 0.3) is 6.43 Å². The van der Waals surface area contributed by atoms with Gasteiger partial charge in [0.05, 0.1) is 6.20 Å². The van der Waals surface area contributed by atoms with Crippen molar-refractivity contribution in [2.45, 2.75) is 12.6 Å². The van der Waals surface area contributed by atoms with Gasteiger partial charge in [-0.15, -0.1) is 0 Å². The number of carbonyl (C=O) groups is 1. The molecule has 17 heavy (non-hydrogen) atoms. The third-order valence-corrected chi connectivity index (χ3v) is 1.77. The van der Waals surface area contributed by atoms with E-state index in [2.05, 4.69) is 4.98 Å². The molecule has 0 atom stereocenters. The van der Waals surface area contributed by atoms with Crippen LogP contribution in [0.15, 0.2) is 6.20 Å². The van der Waals surface area contributed by atoms with Gasteiger partial charge < -0.3 is 5.11 Å². The zero-order chi connectivity index (χ0) is 13.4. The van der Waals surface area contributed by atoms with E-state index in [4.69, 9.17) is 5.11 Å². The Morgan fingerprint density at radius 1 is 1.35 bits per heavy atom. The Balaban J connectivity index is 3.67. The second kappa shape index (κ2) is 4.22. The van der Waals surface area contributed by atoms with Gasteiger partial charge in [-0.25, -0.2) is 18.0 Å². The zero-order valence-electron chi connectivity index (χ0n) is 7.73. The first-order chi connectivity index (χ1) is 7.66. The van der Waals surface area contributed by atoms with Crippen LogP contribution in [0.1, 0.15) is 28.0 Å². The van der Waals surface area contributed by atoms with Crippen molar-refractivity contribution in [3.8, 4) is 0 Å². The fourth-order valence-corrected chi connectivity index (χ4v) is 1.16. The number of alkyl halides is 5. The fraction of sp³-hybridized carbons (Fsp3) is 0.250. The minimum absolute atomic E-state index is 0.0866. The molecule has 0 fully saturated rings. The zero-order valence-corrected chi connectivity index (χ0v) is 7.73. The van der Waals surface area contributed by atoms with Gasteiger partial charge in [0.15, 0.2) is 5.82 Å². The maximum absolute atomic E-state index is 12.9. The number of aromatic nitrogens is 1. The molecule has 94 valence electrons. The summed E-state index contributed by atoms with van der Waals surface area (Å²) in [6, 6.07) is 0. The van der Waals surface area contributed by atoms with E-state index in [0.29, 0.717) is 0 Å². The lowest BCUT2D eigenvalue weighted by Crippen LogP contribution is -2.19. The number of nitrogens with zero attached hydrogens (tertiary/aromatic N) is 1. The highest BCUT2D eigenvalue weighted by Crippen LogP contribution is 2.36. The Hall–Kier alpha value is -1.80. The first-order valence-electron chi connectivity index (χ1n) is 3.93. The number of hydrogen-bond donors (Lipinski definition) is 1. The quantitative estimate of drug-likeness (QED) is 0.831. The predicted molar refractivity (Wildman–Crippen MR) is 41.1 cm³/mol. The molecule has 0 radical (unpaired) electrons. The maximum Gasteiger partial charge on any atom is 0.420 e. The normalized spacial score (nSPS) is 11.9. The van der Waals surface area contributed by atoms with E-state index >= 15 is 0 Å². The molecule has 0 aromatic carbocycles. The third-order valence-electron chi connectivity index (χ3n) is 1.77. The predicted octanol–water partition coefficient (Wildman–Crippen LogP) is 2.88. The van der Waals surface area contributed by atoms with Crippen molar-refractivity contribution in [3.05, 3.63) is 28.8 Å². The Kier molecular flexibility index (Phi) is 3.30. The molecule has 1 N–H and O–H groups in total. The molecule has 0 spiro atoms. The largest absolute Gasteiger partial charge is 0.478 e. The summed E-state index contributed by atoms with van der Waals surface area (Å²) in [4.78, 5) is 13.2. The van der Waals surface area contributed by atoms with Crippen LogP contribution < -0.4 is 0 Å². The first kappa shape index (κ1) is 13.3. The molecule has 0 saturated heterocycles. The lowest BCUT2D eigenvalue weighted by Gasteiger charge is -2.13. The van der Waals surface area contributed by atoms with Crippen LogP contribution in [-0.2, 0) is 6.18 Å². The van der Waals surface area contributed by atoms with Crippen molar-refractivity contribution in [1.29, 1.82) is 0 Å². The molecular formula is C8H3F6NO2. The Morgan fingerprint density at radius 3 is 2.24 bits per heavy atom. The summed E-state index contributed by atoms with van der Waals surface area (Å²) < 4.78 is 74.4. The summed E-state index contributed by atoms with van der Waals surface area (Å²) in [5, 5.41) is 8.44. The molecule has 1 rings (SSSR count). The first-order valence-corrected chi connectivity index (χ1v) is 3.93. The molecule has 0 aliphatic rings. The molecule has 1 aromatic heterocycles. The summed E-state index contributed by atoms with van der Waals surface area (Å²) in [7, 11) is 0. The topological polar surface area (TPSA) is 50.2 Å². The van der Waals surface area contributed by atoms with E-state index in [1.54, 1.807) is 0 Å². The lowest BCUT2D eigenvalue weighted by molar-refractivity contribution is -0.140. The summed E-state index contributed by atoms with van der Waals surface area (Å²) in [5.41, 5.74) is -5.74. The van der Waals surface area contributed by atoms with Crippen molar-refractivity contribution in [2.75, 3.05) is 0 Å². The summed E-state index contributed by atoms with van der Waals surface area (Å²) in [6.45, 7) is 0. The lowest BCUT2D eigenvalue weighted by atomic mass is 10.1. The number of hydrogen-bond acceptors (Lipinski definition) is 2. The molecule has 3 nitrogen and oxygen atoms in total. The van der Waals surface area contributed by atoms with Crippen molar-refractivity contribution in [1.82, 2.24) is 4.98 Å². The van der Waals surface area contributed by atoms with E-state index in [-0.39, 0.29) is 6.20 Å². The van der Waals surface area contributed by atoms with Crippen molar-refractivity contribution >= 4 is 5.97 Å². The Bertz CT molecular complexity index is 456. The molecule has 1 aromatic rings. The molecule has 0 aliphatic heterocycles. The summed E-state index contributed by atoms with van der Waals surface area (Å²) >= 11 is 0. The van der Waals surface area contributed by atoms with Crippen LogP contribution in [0.4, 0.5) is 26.3 Å². The standard InChI is InChI=1S/C8H3F6NO2/c9-2-1-15-5(6(10)11)3(7(16)17)4(2)8(12,13)14/h1,6H,(H,16,17). The second-order valence-corrected chi connectivity index (χ2v) is 2.84. The van der Waals surface area contributed by atoms with Gasteiger partial charge in [-0.05, 0) is 0 Å². The molecule has 9 heteroatoms. The number of rotatable bonds is 2. The molecule has 0 unspecified atom stereocenters. The number of halogens is 6. The van der Waals surface area contributed by atoms with E-state index in [0.717, 1.165) is 0 Å². The van der Waals surface area contributed by atoms with Crippen molar-refractivity contribution in [3.63, 3.8) is 0 Å². The van der Waals surface area contributed by atoms with Crippen LogP contribution in [0.2, 0.25) is 0 Å². The summed E-state index contributed by atoms with van der Waals surface area (Å²) in [6.07, 6.45) is -9.04.